The van der Waals surface area contributed by atoms with E-state index >= 15 is 0 Å². The smallest absolute Gasteiger partial charge is 0.192 e. The van der Waals surface area contributed by atoms with Gasteiger partial charge in [0.2, 0.25) is 0 Å². The lowest BCUT2D eigenvalue weighted by Gasteiger charge is -2.21. The molecule has 0 radical (unpaired) electrons. The van der Waals surface area contributed by atoms with E-state index in [2.05, 4.69) is 10.9 Å². The number of nitrogens with zero attached hydrogens (tertiary/aromatic N) is 2. The number of rotatable bonds is 5. The van der Waals surface area contributed by atoms with Gasteiger partial charge in [0.15, 0.2) is 5.96 Å². The highest BCUT2D eigenvalue weighted by Crippen LogP contribution is 2.05. The summed E-state index contributed by atoms with van der Waals surface area (Å²) >= 11 is 0. The molecule has 3 heteroatoms. The molecule has 0 saturated carbocycles. The summed E-state index contributed by atoms with van der Waals surface area (Å²) in [5.41, 5.74) is 8.36. The molecular formula is C18H19N3. The summed E-state index contributed by atoms with van der Waals surface area (Å²) in [5.74, 6) is 3.11. The molecule has 0 aliphatic carbocycles. The second-order valence-corrected chi connectivity index (χ2v) is 4.71. The van der Waals surface area contributed by atoms with E-state index in [-0.39, 0.29) is 0 Å². The lowest BCUT2D eigenvalue weighted by atomic mass is 10.2. The average Bonchev–Trinajstić information content (AvgIpc) is 2.54. The largest absolute Gasteiger partial charge is 0.370 e. The lowest BCUT2D eigenvalue weighted by molar-refractivity contribution is 0.455. The Hall–Kier alpha value is -2.73. The summed E-state index contributed by atoms with van der Waals surface area (Å²) in [6.07, 6.45) is 5.43. The monoisotopic (exact) mass is 277 g/mol. The molecule has 21 heavy (non-hydrogen) atoms. The molecular weight excluding hydrogens is 258 g/mol. The van der Waals surface area contributed by atoms with Crippen molar-refractivity contribution in [2.45, 2.75) is 13.1 Å². The van der Waals surface area contributed by atoms with Gasteiger partial charge in [-0.25, -0.2) is 4.99 Å². The number of guanidine groups is 1. The second kappa shape index (κ2) is 7.76. The fraction of sp³-hybridized carbons (Fsp3) is 0.167. The van der Waals surface area contributed by atoms with E-state index in [0.717, 1.165) is 11.1 Å². The summed E-state index contributed by atoms with van der Waals surface area (Å²) in [5, 5.41) is 0. The van der Waals surface area contributed by atoms with Crippen LogP contribution >= 0.6 is 0 Å². The number of hydrogen-bond donors (Lipinski definition) is 1. The standard InChI is InChI=1S/C18H19N3/c1-2-13-21(15-17-11-7-4-8-12-17)18(19)20-14-16-9-5-3-6-10-16/h1,3-12H,13-15H2,(H2,19,20). The maximum absolute atomic E-state index is 6.08. The van der Waals surface area contributed by atoms with Gasteiger partial charge in [0.05, 0.1) is 13.1 Å². The molecule has 3 nitrogen and oxygen atoms in total. The maximum Gasteiger partial charge on any atom is 0.192 e. The Morgan fingerprint density at radius 3 is 2.14 bits per heavy atom. The summed E-state index contributed by atoms with van der Waals surface area (Å²) < 4.78 is 0. The Morgan fingerprint density at radius 2 is 1.57 bits per heavy atom. The zero-order valence-electron chi connectivity index (χ0n) is 11.9. The van der Waals surface area contributed by atoms with Crippen molar-refractivity contribution in [2.24, 2.45) is 10.7 Å². The van der Waals surface area contributed by atoms with Crippen molar-refractivity contribution in [1.82, 2.24) is 4.90 Å². The first-order valence-electron chi connectivity index (χ1n) is 6.86. The molecule has 2 N–H and O–H groups in total. The van der Waals surface area contributed by atoms with Gasteiger partial charge in [0.25, 0.3) is 0 Å². The Labute approximate surface area is 126 Å². The van der Waals surface area contributed by atoms with E-state index in [4.69, 9.17) is 12.2 Å². The summed E-state index contributed by atoms with van der Waals surface area (Å²) in [7, 11) is 0. The Morgan fingerprint density at radius 1 is 1.00 bits per heavy atom. The van der Waals surface area contributed by atoms with Crippen LogP contribution in [0.1, 0.15) is 11.1 Å². The minimum absolute atomic E-state index is 0.443. The summed E-state index contributed by atoms with van der Waals surface area (Å²) in [6, 6.07) is 20.1. The number of nitrogens with two attached hydrogens (primary N) is 1. The van der Waals surface area contributed by atoms with Crippen LogP contribution in [0.25, 0.3) is 0 Å². The van der Waals surface area contributed by atoms with Gasteiger partial charge in [0, 0.05) is 6.54 Å². The van der Waals surface area contributed by atoms with E-state index in [9.17, 15) is 0 Å². The van der Waals surface area contributed by atoms with Crippen LogP contribution in [-0.4, -0.2) is 17.4 Å². The third-order valence-corrected chi connectivity index (χ3v) is 3.09. The molecule has 0 aliphatic rings. The Kier molecular flexibility index (Phi) is 5.42. The first kappa shape index (κ1) is 14.7. The molecule has 0 atom stereocenters. The maximum atomic E-state index is 6.08. The number of benzene rings is 2. The van der Waals surface area contributed by atoms with E-state index in [1.165, 1.54) is 0 Å². The van der Waals surface area contributed by atoms with Crippen molar-refractivity contribution in [3.63, 3.8) is 0 Å². The van der Waals surface area contributed by atoms with Gasteiger partial charge < -0.3 is 10.6 Å². The zero-order chi connectivity index (χ0) is 14.9. The molecule has 0 heterocycles. The second-order valence-electron chi connectivity index (χ2n) is 4.71. The molecule has 0 unspecified atom stereocenters. The van der Waals surface area contributed by atoms with Crippen LogP contribution in [-0.2, 0) is 13.1 Å². The van der Waals surface area contributed by atoms with Crippen LogP contribution < -0.4 is 5.73 Å². The molecule has 0 fully saturated rings. The molecule has 0 aromatic heterocycles. The van der Waals surface area contributed by atoms with Crippen molar-refractivity contribution in [1.29, 1.82) is 0 Å². The van der Waals surface area contributed by atoms with Crippen LogP contribution in [0.2, 0.25) is 0 Å². The minimum atomic E-state index is 0.443. The van der Waals surface area contributed by atoms with E-state index in [1.807, 2.05) is 65.6 Å². The van der Waals surface area contributed by atoms with Crippen molar-refractivity contribution < 1.29 is 0 Å². The first-order chi connectivity index (χ1) is 10.3. The SMILES string of the molecule is C#CCN(Cc1ccccc1)C(N)=NCc1ccccc1. The van der Waals surface area contributed by atoms with Gasteiger partial charge in [-0.05, 0) is 11.1 Å². The molecule has 2 aromatic carbocycles. The highest BCUT2D eigenvalue weighted by molar-refractivity contribution is 5.78. The molecule has 106 valence electrons. The quantitative estimate of drug-likeness (QED) is 0.518. The molecule has 2 rings (SSSR count). The third-order valence-electron chi connectivity index (χ3n) is 3.09. The molecule has 0 amide bonds. The highest BCUT2D eigenvalue weighted by atomic mass is 15.2. The first-order valence-corrected chi connectivity index (χ1v) is 6.86. The number of aliphatic imine (C=N–C) groups is 1. The van der Waals surface area contributed by atoms with Crippen LogP contribution in [0.4, 0.5) is 0 Å². The summed E-state index contributed by atoms with van der Waals surface area (Å²) in [6.45, 7) is 1.66. The van der Waals surface area contributed by atoms with Crippen molar-refractivity contribution in [3.05, 3.63) is 71.8 Å². The fourth-order valence-electron chi connectivity index (χ4n) is 1.99. The number of terminal acetylenes is 1. The van der Waals surface area contributed by atoms with Crippen LogP contribution in [0.3, 0.4) is 0 Å². The van der Waals surface area contributed by atoms with Gasteiger partial charge in [-0.1, -0.05) is 66.6 Å². The average molecular weight is 277 g/mol. The van der Waals surface area contributed by atoms with E-state index < -0.39 is 0 Å². The number of hydrogen-bond acceptors (Lipinski definition) is 1. The normalized spacial score (nSPS) is 10.9. The van der Waals surface area contributed by atoms with Gasteiger partial charge in [-0.2, -0.15) is 0 Å². The summed E-state index contributed by atoms with van der Waals surface area (Å²) in [4.78, 5) is 6.34. The fourth-order valence-corrected chi connectivity index (χ4v) is 1.99. The highest BCUT2D eigenvalue weighted by Gasteiger charge is 2.07. The predicted molar refractivity (Wildman–Crippen MR) is 87.5 cm³/mol. The lowest BCUT2D eigenvalue weighted by Crippen LogP contribution is -2.37. The van der Waals surface area contributed by atoms with Gasteiger partial charge >= 0.3 is 0 Å². The molecule has 0 saturated heterocycles. The van der Waals surface area contributed by atoms with E-state index in [0.29, 0.717) is 25.6 Å². The minimum Gasteiger partial charge on any atom is -0.370 e. The van der Waals surface area contributed by atoms with Crippen LogP contribution in [0, 0.1) is 12.3 Å². The predicted octanol–water partition coefficient (Wildman–Crippen LogP) is 2.64. The molecule has 2 aromatic rings. The molecule has 0 aliphatic heterocycles. The van der Waals surface area contributed by atoms with Crippen molar-refractivity contribution in [2.75, 3.05) is 6.54 Å². The Bertz CT molecular complexity index is 612. The van der Waals surface area contributed by atoms with Crippen molar-refractivity contribution >= 4 is 5.96 Å². The van der Waals surface area contributed by atoms with Crippen molar-refractivity contribution in [3.8, 4) is 12.3 Å². The Balaban J connectivity index is 2.05. The molecule has 0 bridgehead atoms. The van der Waals surface area contributed by atoms with Crippen LogP contribution in [0.5, 0.6) is 0 Å². The molecule has 0 spiro atoms. The van der Waals surface area contributed by atoms with Crippen LogP contribution in [0.15, 0.2) is 65.7 Å². The van der Waals surface area contributed by atoms with Gasteiger partial charge in [0.1, 0.15) is 0 Å². The zero-order valence-corrected chi connectivity index (χ0v) is 11.9. The third kappa shape index (κ3) is 4.70. The van der Waals surface area contributed by atoms with E-state index in [1.54, 1.807) is 0 Å². The van der Waals surface area contributed by atoms with Gasteiger partial charge in [-0.3, -0.25) is 0 Å². The topological polar surface area (TPSA) is 41.6 Å². The van der Waals surface area contributed by atoms with Gasteiger partial charge in [-0.15, -0.1) is 6.42 Å².